The van der Waals surface area contributed by atoms with Crippen molar-refractivity contribution in [3.8, 4) is 0 Å². The van der Waals surface area contributed by atoms with Crippen LogP contribution in [0, 0.1) is 0 Å². The molecule has 0 aliphatic heterocycles. The number of rotatable bonds is 7. The highest BCUT2D eigenvalue weighted by Crippen LogP contribution is 2.17. The number of aryl methyl sites for hydroxylation is 1. The summed E-state index contributed by atoms with van der Waals surface area (Å²) in [7, 11) is 4.03. The first-order valence-corrected chi connectivity index (χ1v) is 7.48. The van der Waals surface area contributed by atoms with Gasteiger partial charge in [-0.1, -0.05) is 19.4 Å². The molecule has 4 heteroatoms. The quantitative estimate of drug-likeness (QED) is 0.849. The van der Waals surface area contributed by atoms with Crippen LogP contribution in [-0.4, -0.2) is 24.1 Å². The number of hydrogen-bond donors (Lipinski definition) is 1. The Bertz CT molecular complexity index is 530. The fourth-order valence-electron chi connectivity index (χ4n) is 2.33. The number of anilines is 1. The molecule has 21 heavy (non-hydrogen) atoms. The van der Waals surface area contributed by atoms with Gasteiger partial charge in [-0.15, -0.1) is 0 Å². The molecule has 112 valence electrons. The van der Waals surface area contributed by atoms with Crippen LogP contribution in [0.25, 0.3) is 0 Å². The summed E-state index contributed by atoms with van der Waals surface area (Å²) >= 11 is 0. The van der Waals surface area contributed by atoms with Gasteiger partial charge in [0.2, 0.25) is 0 Å². The fraction of sp³-hybridized carbons (Fsp3) is 0.412. The molecular formula is C17H24N4. The van der Waals surface area contributed by atoms with E-state index in [1.807, 2.05) is 31.4 Å². The van der Waals surface area contributed by atoms with Crippen LogP contribution < -0.4 is 10.2 Å². The molecule has 0 bridgehead atoms. The number of hydrogen-bond acceptors (Lipinski definition) is 4. The van der Waals surface area contributed by atoms with Crippen molar-refractivity contribution in [2.24, 2.45) is 0 Å². The van der Waals surface area contributed by atoms with E-state index in [4.69, 9.17) is 4.98 Å². The minimum Gasteiger partial charge on any atom is -0.354 e. The minimum absolute atomic E-state index is 0.766. The van der Waals surface area contributed by atoms with E-state index < -0.39 is 0 Å². The highest BCUT2D eigenvalue weighted by Gasteiger charge is 2.08. The van der Waals surface area contributed by atoms with E-state index in [1.165, 1.54) is 5.56 Å². The van der Waals surface area contributed by atoms with Crippen molar-refractivity contribution >= 4 is 5.82 Å². The lowest BCUT2D eigenvalue weighted by molar-refractivity contribution is 0.794. The van der Waals surface area contributed by atoms with E-state index in [2.05, 4.69) is 41.3 Å². The SMILES string of the molecule is CCCc1cc(CNC)cc(N(C)Cc2ccccn2)n1. The molecule has 2 rings (SSSR count). The Morgan fingerprint density at radius 3 is 2.71 bits per heavy atom. The van der Waals surface area contributed by atoms with Crippen molar-refractivity contribution in [3.63, 3.8) is 0 Å². The molecule has 0 atom stereocenters. The summed E-state index contributed by atoms with van der Waals surface area (Å²) in [5, 5.41) is 3.21. The molecule has 2 aromatic heterocycles. The zero-order valence-electron chi connectivity index (χ0n) is 13.1. The highest BCUT2D eigenvalue weighted by molar-refractivity contribution is 5.42. The molecule has 0 aliphatic rings. The van der Waals surface area contributed by atoms with Gasteiger partial charge in [0.05, 0.1) is 12.2 Å². The van der Waals surface area contributed by atoms with Crippen molar-refractivity contribution < 1.29 is 0 Å². The average molecular weight is 284 g/mol. The first-order valence-electron chi connectivity index (χ1n) is 7.48. The summed E-state index contributed by atoms with van der Waals surface area (Å²) in [6, 6.07) is 10.3. The zero-order chi connectivity index (χ0) is 15.1. The molecule has 0 radical (unpaired) electrons. The molecule has 1 N–H and O–H groups in total. The molecule has 0 aliphatic carbocycles. The molecule has 2 aromatic rings. The van der Waals surface area contributed by atoms with Gasteiger partial charge in [-0.3, -0.25) is 4.98 Å². The van der Waals surface area contributed by atoms with Crippen molar-refractivity contribution in [2.75, 3.05) is 19.0 Å². The predicted molar refractivity (Wildman–Crippen MR) is 87.3 cm³/mol. The molecular weight excluding hydrogens is 260 g/mol. The van der Waals surface area contributed by atoms with E-state index in [1.54, 1.807) is 0 Å². The molecule has 0 spiro atoms. The van der Waals surface area contributed by atoms with E-state index >= 15 is 0 Å². The van der Waals surface area contributed by atoms with Gasteiger partial charge in [0.1, 0.15) is 5.82 Å². The van der Waals surface area contributed by atoms with Gasteiger partial charge in [0.15, 0.2) is 0 Å². The van der Waals surface area contributed by atoms with Crippen LogP contribution in [0.15, 0.2) is 36.5 Å². The maximum Gasteiger partial charge on any atom is 0.129 e. The fourth-order valence-corrected chi connectivity index (χ4v) is 2.33. The molecule has 0 aromatic carbocycles. The third-order valence-corrected chi connectivity index (χ3v) is 3.33. The predicted octanol–water partition coefficient (Wildman–Crippen LogP) is 2.78. The molecule has 0 unspecified atom stereocenters. The lowest BCUT2D eigenvalue weighted by Gasteiger charge is -2.19. The number of pyridine rings is 2. The third kappa shape index (κ3) is 4.53. The second-order valence-electron chi connectivity index (χ2n) is 5.28. The molecule has 0 fully saturated rings. The third-order valence-electron chi connectivity index (χ3n) is 3.33. The Morgan fingerprint density at radius 2 is 2.05 bits per heavy atom. The van der Waals surface area contributed by atoms with E-state index in [-0.39, 0.29) is 0 Å². The first-order chi connectivity index (χ1) is 10.2. The lowest BCUT2D eigenvalue weighted by Crippen LogP contribution is -2.19. The maximum absolute atomic E-state index is 4.77. The Morgan fingerprint density at radius 1 is 1.19 bits per heavy atom. The minimum atomic E-state index is 0.766. The van der Waals surface area contributed by atoms with Crippen molar-refractivity contribution in [2.45, 2.75) is 32.9 Å². The van der Waals surface area contributed by atoms with Crippen LogP contribution >= 0.6 is 0 Å². The topological polar surface area (TPSA) is 41.0 Å². The van der Waals surface area contributed by atoms with Crippen LogP contribution in [0.4, 0.5) is 5.82 Å². The van der Waals surface area contributed by atoms with Crippen LogP contribution in [-0.2, 0) is 19.5 Å². The summed E-state index contributed by atoms with van der Waals surface area (Å²) in [6.07, 6.45) is 3.96. The smallest absolute Gasteiger partial charge is 0.129 e. The van der Waals surface area contributed by atoms with Crippen LogP contribution in [0.5, 0.6) is 0 Å². The molecule has 0 amide bonds. The van der Waals surface area contributed by atoms with Gasteiger partial charge in [-0.05, 0) is 43.3 Å². The van der Waals surface area contributed by atoms with Gasteiger partial charge in [0.25, 0.3) is 0 Å². The van der Waals surface area contributed by atoms with Gasteiger partial charge >= 0.3 is 0 Å². The van der Waals surface area contributed by atoms with Crippen molar-refractivity contribution in [3.05, 3.63) is 53.5 Å². The van der Waals surface area contributed by atoms with Gasteiger partial charge in [-0.2, -0.15) is 0 Å². The average Bonchev–Trinajstić information content (AvgIpc) is 2.49. The second-order valence-corrected chi connectivity index (χ2v) is 5.28. The van der Waals surface area contributed by atoms with Crippen molar-refractivity contribution in [1.29, 1.82) is 0 Å². The maximum atomic E-state index is 4.77. The second kappa shape index (κ2) is 7.74. The summed E-state index contributed by atoms with van der Waals surface area (Å²) in [5.74, 6) is 1.01. The number of nitrogens with zero attached hydrogens (tertiary/aromatic N) is 3. The summed E-state index contributed by atoms with van der Waals surface area (Å²) in [6.45, 7) is 3.82. The van der Waals surface area contributed by atoms with Gasteiger partial charge in [-0.25, -0.2) is 4.98 Å². The Labute approximate surface area is 127 Å². The number of aromatic nitrogens is 2. The normalized spacial score (nSPS) is 10.6. The summed E-state index contributed by atoms with van der Waals surface area (Å²) in [5.41, 5.74) is 3.49. The largest absolute Gasteiger partial charge is 0.354 e. The van der Waals surface area contributed by atoms with E-state index in [9.17, 15) is 0 Å². The van der Waals surface area contributed by atoms with Crippen LogP contribution in [0.3, 0.4) is 0 Å². The van der Waals surface area contributed by atoms with Crippen LogP contribution in [0.1, 0.15) is 30.3 Å². The van der Waals surface area contributed by atoms with Gasteiger partial charge < -0.3 is 10.2 Å². The Hall–Kier alpha value is -1.94. The Balaban J connectivity index is 2.20. The zero-order valence-corrected chi connectivity index (χ0v) is 13.1. The summed E-state index contributed by atoms with van der Waals surface area (Å²) < 4.78 is 0. The first kappa shape index (κ1) is 15.4. The monoisotopic (exact) mass is 284 g/mol. The molecule has 0 saturated heterocycles. The Kier molecular flexibility index (Phi) is 5.69. The highest BCUT2D eigenvalue weighted by atomic mass is 15.2. The number of nitrogens with one attached hydrogen (secondary N) is 1. The molecule has 4 nitrogen and oxygen atoms in total. The standard InChI is InChI=1S/C17H24N4/c1-4-7-15-10-14(12-18-2)11-17(20-15)21(3)13-16-8-5-6-9-19-16/h5-6,8-11,18H,4,7,12-13H2,1-3H3. The molecule has 0 saturated carbocycles. The van der Waals surface area contributed by atoms with Crippen LogP contribution in [0.2, 0.25) is 0 Å². The van der Waals surface area contributed by atoms with Crippen molar-refractivity contribution in [1.82, 2.24) is 15.3 Å². The summed E-state index contributed by atoms with van der Waals surface area (Å²) in [4.78, 5) is 11.3. The van der Waals surface area contributed by atoms with Gasteiger partial charge in [0, 0.05) is 25.5 Å². The van der Waals surface area contributed by atoms with E-state index in [0.717, 1.165) is 43.1 Å². The lowest BCUT2D eigenvalue weighted by atomic mass is 10.1. The molecule has 2 heterocycles. The van der Waals surface area contributed by atoms with E-state index in [0.29, 0.717) is 0 Å².